The number of aryl methyl sites for hydroxylation is 1. The molecule has 0 radical (unpaired) electrons. The minimum Gasteiger partial charge on any atom is -0.320 e. The fourth-order valence-electron chi connectivity index (χ4n) is 2.33. The molecule has 0 aliphatic rings. The molecule has 0 saturated heterocycles. The van der Waals surface area contributed by atoms with Gasteiger partial charge in [-0.25, -0.2) is 0 Å². The number of hydrogen-bond donors (Lipinski definition) is 1. The quantitative estimate of drug-likeness (QED) is 0.780. The monoisotopic (exact) mass is 385 g/mol. The second-order valence-electron chi connectivity index (χ2n) is 5.33. The maximum Gasteiger partial charge on any atom is 0.397 e. The Balaban J connectivity index is 2.37. The van der Waals surface area contributed by atoms with Gasteiger partial charge in [0.1, 0.15) is 5.92 Å². The summed E-state index contributed by atoms with van der Waals surface area (Å²) in [5, 5.41) is 0. The number of Topliss-reactive ketones (excluding diaryl/α,β-unsaturated/α-hetero) is 1. The first-order valence-corrected chi connectivity index (χ1v) is 7.68. The molecule has 2 N–H and O–H groups in total. The number of carbonyl (C=O) groups excluding carboxylic acids is 1. The van der Waals surface area contributed by atoms with Crippen LogP contribution < -0.4 is 5.73 Å². The van der Waals surface area contributed by atoms with Crippen LogP contribution in [-0.2, 0) is 0 Å². The number of ketones is 1. The van der Waals surface area contributed by atoms with E-state index in [2.05, 4.69) is 15.9 Å². The Kier molecular flexibility index (Phi) is 5.26. The molecule has 2 rings (SSSR count). The van der Waals surface area contributed by atoms with Crippen LogP contribution in [0, 0.1) is 6.92 Å². The molecule has 0 amide bonds. The lowest BCUT2D eigenvalue weighted by Crippen LogP contribution is -2.43. The molecule has 2 nitrogen and oxygen atoms in total. The summed E-state index contributed by atoms with van der Waals surface area (Å²) in [6, 6.07) is 10.3. The molecule has 122 valence electrons. The van der Waals surface area contributed by atoms with Gasteiger partial charge >= 0.3 is 6.18 Å². The number of rotatable bonds is 4. The average molecular weight is 386 g/mol. The minimum absolute atomic E-state index is 0.0336. The fraction of sp³-hybridized carbons (Fsp3) is 0.235. The first kappa shape index (κ1) is 17.7. The van der Waals surface area contributed by atoms with Gasteiger partial charge in [0.05, 0.1) is 6.04 Å². The van der Waals surface area contributed by atoms with Crippen LogP contribution in [0.2, 0.25) is 0 Å². The van der Waals surface area contributed by atoms with Crippen molar-refractivity contribution in [2.45, 2.75) is 25.1 Å². The van der Waals surface area contributed by atoms with Crippen LogP contribution in [0.5, 0.6) is 0 Å². The summed E-state index contributed by atoms with van der Waals surface area (Å²) < 4.78 is 41.0. The van der Waals surface area contributed by atoms with E-state index in [4.69, 9.17) is 5.73 Å². The number of benzene rings is 2. The average Bonchev–Trinajstić information content (AvgIpc) is 2.48. The van der Waals surface area contributed by atoms with Gasteiger partial charge in [-0.05, 0) is 24.6 Å². The molecule has 0 saturated carbocycles. The summed E-state index contributed by atoms with van der Waals surface area (Å²) in [6.45, 7) is 1.83. The topological polar surface area (TPSA) is 43.1 Å². The second kappa shape index (κ2) is 6.84. The van der Waals surface area contributed by atoms with Gasteiger partial charge in [-0.2, -0.15) is 13.2 Å². The van der Waals surface area contributed by atoms with Crippen LogP contribution in [0.25, 0.3) is 0 Å². The number of hydrogen-bond acceptors (Lipinski definition) is 2. The van der Waals surface area contributed by atoms with Gasteiger partial charge < -0.3 is 5.73 Å². The van der Waals surface area contributed by atoms with Crippen LogP contribution in [-0.4, -0.2) is 18.0 Å². The first-order chi connectivity index (χ1) is 10.7. The maximum atomic E-state index is 13.5. The molecule has 2 aromatic rings. The standard InChI is InChI=1S/C17H15BrF3NO/c1-10-2-4-12(5-3-10)16(23)15(22)14(17(19,20)21)11-6-8-13(18)9-7-11/h2-9,14-15H,22H2,1H3. The minimum atomic E-state index is -4.62. The van der Waals surface area contributed by atoms with Crippen molar-refractivity contribution in [1.29, 1.82) is 0 Å². The highest BCUT2D eigenvalue weighted by molar-refractivity contribution is 9.10. The van der Waals surface area contributed by atoms with Gasteiger partial charge in [-0.3, -0.25) is 4.79 Å². The van der Waals surface area contributed by atoms with E-state index >= 15 is 0 Å². The van der Waals surface area contributed by atoms with E-state index in [9.17, 15) is 18.0 Å². The summed E-state index contributed by atoms with van der Waals surface area (Å²) in [6.07, 6.45) is -4.62. The highest BCUT2D eigenvalue weighted by Crippen LogP contribution is 2.38. The Labute approximate surface area is 140 Å². The van der Waals surface area contributed by atoms with E-state index in [1.54, 1.807) is 12.1 Å². The molecule has 2 atom stereocenters. The number of nitrogens with two attached hydrogens (primary N) is 1. The summed E-state index contributed by atoms with van der Waals surface area (Å²) in [5.41, 5.74) is 6.76. The first-order valence-electron chi connectivity index (χ1n) is 6.89. The molecule has 0 aliphatic heterocycles. The van der Waals surface area contributed by atoms with Gasteiger partial charge in [0.2, 0.25) is 0 Å². The van der Waals surface area contributed by atoms with Crippen LogP contribution in [0.1, 0.15) is 27.4 Å². The Morgan fingerprint density at radius 1 is 1.04 bits per heavy atom. The fourth-order valence-corrected chi connectivity index (χ4v) is 2.60. The lowest BCUT2D eigenvalue weighted by Gasteiger charge is -2.26. The maximum absolute atomic E-state index is 13.5. The van der Waals surface area contributed by atoms with Gasteiger partial charge in [0, 0.05) is 10.0 Å². The normalized spacial score (nSPS) is 14.3. The van der Waals surface area contributed by atoms with Crippen molar-refractivity contribution in [3.8, 4) is 0 Å². The molecular formula is C17H15BrF3NO. The SMILES string of the molecule is Cc1ccc(C(=O)C(N)C(c2ccc(Br)cc2)C(F)(F)F)cc1. The van der Waals surface area contributed by atoms with Crippen LogP contribution in [0.4, 0.5) is 13.2 Å². The third kappa shape index (κ3) is 4.20. The van der Waals surface area contributed by atoms with Crippen molar-refractivity contribution >= 4 is 21.7 Å². The Bertz CT molecular complexity index is 680. The largest absolute Gasteiger partial charge is 0.397 e. The third-order valence-electron chi connectivity index (χ3n) is 3.58. The Morgan fingerprint density at radius 3 is 2.04 bits per heavy atom. The third-order valence-corrected chi connectivity index (χ3v) is 4.11. The lowest BCUT2D eigenvalue weighted by atomic mass is 9.86. The smallest absolute Gasteiger partial charge is 0.320 e. The zero-order valence-corrected chi connectivity index (χ0v) is 13.9. The molecule has 0 heterocycles. The predicted octanol–water partition coefficient (Wildman–Crippen LogP) is 4.61. The summed E-state index contributed by atoms with van der Waals surface area (Å²) in [5.74, 6) is -2.78. The van der Waals surface area contributed by atoms with Gasteiger partial charge in [0.25, 0.3) is 0 Å². The second-order valence-corrected chi connectivity index (χ2v) is 6.24. The van der Waals surface area contributed by atoms with Gasteiger partial charge in [0.15, 0.2) is 5.78 Å². The molecular weight excluding hydrogens is 371 g/mol. The van der Waals surface area contributed by atoms with Crippen molar-refractivity contribution in [3.05, 3.63) is 69.7 Å². The van der Waals surface area contributed by atoms with Gasteiger partial charge in [-0.1, -0.05) is 57.9 Å². The highest BCUT2D eigenvalue weighted by atomic mass is 79.9. The van der Waals surface area contributed by atoms with Crippen LogP contribution in [0.3, 0.4) is 0 Å². The van der Waals surface area contributed by atoms with E-state index in [-0.39, 0.29) is 11.1 Å². The van der Waals surface area contributed by atoms with E-state index in [0.717, 1.165) is 5.56 Å². The molecule has 0 fully saturated rings. The lowest BCUT2D eigenvalue weighted by molar-refractivity contribution is -0.152. The summed E-state index contributed by atoms with van der Waals surface area (Å²) >= 11 is 3.18. The zero-order valence-electron chi connectivity index (χ0n) is 12.3. The van der Waals surface area contributed by atoms with E-state index in [1.165, 1.54) is 36.4 Å². The molecule has 6 heteroatoms. The molecule has 23 heavy (non-hydrogen) atoms. The number of halogens is 4. The highest BCUT2D eigenvalue weighted by Gasteiger charge is 2.47. The van der Waals surface area contributed by atoms with Crippen LogP contribution >= 0.6 is 15.9 Å². The molecule has 0 aliphatic carbocycles. The number of alkyl halides is 3. The van der Waals surface area contributed by atoms with Crippen molar-refractivity contribution in [1.82, 2.24) is 0 Å². The van der Waals surface area contributed by atoms with Crippen molar-refractivity contribution < 1.29 is 18.0 Å². The van der Waals surface area contributed by atoms with Gasteiger partial charge in [-0.15, -0.1) is 0 Å². The molecule has 0 spiro atoms. The summed E-state index contributed by atoms with van der Waals surface area (Å²) in [4.78, 5) is 12.4. The predicted molar refractivity (Wildman–Crippen MR) is 86.4 cm³/mol. The Morgan fingerprint density at radius 2 is 1.57 bits per heavy atom. The van der Waals surface area contributed by atoms with Crippen molar-refractivity contribution in [3.63, 3.8) is 0 Å². The molecule has 2 aromatic carbocycles. The Hall–Kier alpha value is -1.66. The van der Waals surface area contributed by atoms with E-state index < -0.39 is 23.9 Å². The van der Waals surface area contributed by atoms with E-state index in [1.807, 2.05) is 6.92 Å². The molecule has 0 aromatic heterocycles. The zero-order chi connectivity index (χ0) is 17.2. The number of carbonyl (C=O) groups is 1. The van der Waals surface area contributed by atoms with Crippen molar-refractivity contribution in [2.24, 2.45) is 5.73 Å². The summed E-state index contributed by atoms with van der Waals surface area (Å²) in [7, 11) is 0. The van der Waals surface area contributed by atoms with E-state index in [0.29, 0.717) is 4.47 Å². The van der Waals surface area contributed by atoms with Crippen molar-refractivity contribution in [2.75, 3.05) is 0 Å². The molecule has 0 bridgehead atoms. The molecule has 2 unspecified atom stereocenters. The van der Waals surface area contributed by atoms with Crippen LogP contribution in [0.15, 0.2) is 53.0 Å².